The van der Waals surface area contributed by atoms with Crippen LogP contribution in [0.2, 0.25) is 0 Å². The summed E-state index contributed by atoms with van der Waals surface area (Å²) in [5.74, 6) is 0.219. The highest BCUT2D eigenvalue weighted by atomic mass is 32.1. The number of thiophene rings is 1. The normalized spacial score (nSPS) is 19.4. The molecule has 3 aromatic rings. The van der Waals surface area contributed by atoms with Crippen LogP contribution in [0.25, 0.3) is 10.9 Å². The Morgan fingerprint density at radius 3 is 2.89 bits per heavy atom. The van der Waals surface area contributed by atoms with Gasteiger partial charge in [-0.3, -0.25) is 9.78 Å². The molecule has 3 atom stereocenters. The van der Waals surface area contributed by atoms with Crippen LogP contribution < -0.4 is 4.74 Å². The molecule has 0 saturated carbocycles. The minimum atomic E-state index is -1.12. The van der Waals surface area contributed by atoms with Crippen LogP contribution in [0, 0.1) is 18.8 Å². The smallest absolute Gasteiger partial charge is 0.303 e. The van der Waals surface area contributed by atoms with Crippen LogP contribution in [-0.2, 0) is 11.2 Å². The topological polar surface area (TPSA) is 62.7 Å². The molecule has 0 bridgehead atoms. The Kier molecular flexibility index (Phi) is 9.32. The van der Waals surface area contributed by atoms with Gasteiger partial charge in [0, 0.05) is 29.4 Å². The Morgan fingerprint density at radius 1 is 1.28 bits per heavy atom. The SMILES string of the molecule is COc1ccc2nccc([C@@H](F)CC[C@@H]3CCN(CCCCc4sccc4C)C[C@@H]3CC(=O)O)c2c1. The Balaban J connectivity index is 1.32. The number of alkyl halides is 1. The lowest BCUT2D eigenvalue weighted by molar-refractivity contribution is -0.139. The zero-order valence-electron chi connectivity index (χ0n) is 21.3. The van der Waals surface area contributed by atoms with Gasteiger partial charge in [0.15, 0.2) is 0 Å². The predicted octanol–water partition coefficient (Wildman–Crippen LogP) is 6.84. The van der Waals surface area contributed by atoms with E-state index >= 15 is 4.39 Å². The number of aryl methyl sites for hydroxylation is 2. The van der Waals surface area contributed by atoms with Crippen molar-refractivity contribution in [1.82, 2.24) is 9.88 Å². The molecule has 4 rings (SSSR count). The highest BCUT2D eigenvalue weighted by Gasteiger charge is 2.31. The first kappa shape index (κ1) is 26.6. The van der Waals surface area contributed by atoms with E-state index in [1.807, 2.05) is 29.5 Å². The summed E-state index contributed by atoms with van der Waals surface area (Å²) in [4.78, 5) is 19.8. The van der Waals surface area contributed by atoms with Crippen molar-refractivity contribution in [3.05, 3.63) is 57.9 Å². The molecule has 1 aliphatic rings. The Labute approximate surface area is 217 Å². The summed E-state index contributed by atoms with van der Waals surface area (Å²) in [5.41, 5.74) is 2.77. The van der Waals surface area contributed by atoms with Crippen molar-refractivity contribution < 1.29 is 19.0 Å². The zero-order valence-corrected chi connectivity index (χ0v) is 22.1. The number of likely N-dealkylation sites (tertiary alicyclic amines) is 1. The van der Waals surface area contributed by atoms with E-state index in [0.29, 0.717) is 24.2 Å². The number of hydrogen-bond acceptors (Lipinski definition) is 5. The fourth-order valence-electron chi connectivity index (χ4n) is 5.54. The summed E-state index contributed by atoms with van der Waals surface area (Å²) >= 11 is 1.83. The second-order valence-corrected chi connectivity index (χ2v) is 11.0. The molecule has 7 heteroatoms. The number of halogens is 1. The maximum absolute atomic E-state index is 15.5. The molecule has 2 aromatic heterocycles. The minimum absolute atomic E-state index is 0.0669. The summed E-state index contributed by atoms with van der Waals surface area (Å²) < 4.78 is 20.8. The number of methoxy groups -OCH3 is 1. The standard InChI is InChI=1S/C29H37FN2O3S/c1-20-12-16-36-28(20)5-3-4-14-32-15-11-21(22(19-32)17-29(33)34)6-8-26(30)24-10-13-31-27-9-7-23(35-2)18-25(24)27/h7,9-10,12-13,16,18,21-22,26H,3-6,8,11,14-15,17,19H2,1-2H3,(H,33,34)/t21-,22+,26+/m1/s1. The van der Waals surface area contributed by atoms with E-state index in [1.54, 1.807) is 19.4 Å². The van der Waals surface area contributed by atoms with Gasteiger partial charge in [-0.25, -0.2) is 4.39 Å². The van der Waals surface area contributed by atoms with Gasteiger partial charge >= 0.3 is 5.97 Å². The third kappa shape index (κ3) is 6.83. The van der Waals surface area contributed by atoms with Crippen LogP contribution in [0.15, 0.2) is 41.9 Å². The number of carboxylic acids is 1. The van der Waals surface area contributed by atoms with Gasteiger partial charge in [-0.05, 0) is 117 Å². The number of hydrogen-bond donors (Lipinski definition) is 1. The quantitative estimate of drug-likeness (QED) is 0.269. The second-order valence-electron chi connectivity index (χ2n) is 10.0. The van der Waals surface area contributed by atoms with Crippen molar-refractivity contribution >= 4 is 28.2 Å². The first-order chi connectivity index (χ1) is 17.4. The van der Waals surface area contributed by atoms with Gasteiger partial charge in [-0.1, -0.05) is 0 Å². The molecule has 1 N–H and O–H groups in total. The highest BCUT2D eigenvalue weighted by Crippen LogP contribution is 2.36. The third-order valence-corrected chi connectivity index (χ3v) is 8.70. The molecular weight excluding hydrogens is 475 g/mol. The van der Waals surface area contributed by atoms with Gasteiger partial charge in [0.1, 0.15) is 11.9 Å². The Bertz CT molecular complexity index is 1150. The first-order valence-electron chi connectivity index (χ1n) is 13.0. The second kappa shape index (κ2) is 12.6. The molecule has 0 spiro atoms. The van der Waals surface area contributed by atoms with Crippen molar-refractivity contribution in [1.29, 1.82) is 0 Å². The van der Waals surface area contributed by atoms with E-state index in [2.05, 4.69) is 28.3 Å². The molecule has 1 aliphatic heterocycles. The number of fused-ring (bicyclic) bond motifs is 1. The number of benzene rings is 1. The number of aromatic nitrogens is 1. The van der Waals surface area contributed by atoms with Gasteiger partial charge in [-0.2, -0.15) is 0 Å². The maximum Gasteiger partial charge on any atom is 0.303 e. The summed E-state index contributed by atoms with van der Waals surface area (Å²) in [6, 6.07) is 9.46. The molecular formula is C29H37FN2O3S. The predicted molar refractivity (Wildman–Crippen MR) is 144 cm³/mol. The Morgan fingerprint density at radius 2 is 2.14 bits per heavy atom. The number of nitrogens with zero attached hydrogens (tertiary/aromatic N) is 2. The van der Waals surface area contributed by atoms with Gasteiger partial charge in [0.05, 0.1) is 12.6 Å². The van der Waals surface area contributed by atoms with E-state index in [0.717, 1.165) is 56.2 Å². The number of unbranched alkanes of at least 4 members (excludes halogenated alkanes) is 1. The van der Waals surface area contributed by atoms with E-state index in [9.17, 15) is 9.90 Å². The van der Waals surface area contributed by atoms with Gasteiger partial charge in [0.25, 0.3) is 0 Å². The summed E-state index contributed by atoms with van der Waals surface area (Å²) in [5, 5.41) is 12.5. The molecule has 194 valence electrons. The molecule has 3 heterocycles. The van der Waals surface area contributed by atoms with E-state index in [4.69, 9.17) is 4.74 Å². The van der Waals surface area contributed by atoms with Crippen molar-refractivity contribution in [3.63, 3.8) is 0 Å². The van der Waals surface area contributed by atoms with E-state index < -0.39 is 12.1 Å². The van der Waals surface area contributed by atoms with Crippen LogP contribution >= 0.6 is 11.3 Å². The van der Waals surface area contributed by atoms with Crippen molar-refractivity contribution in [2.24, 2.45) is 11.8 Å². The fourth-order valence-corrected chi connectivity index (χ4v) is 6.49. The molecule has 1 aromatic carbocycles. The van der Waals surface area contributed by atoms with Gasteiger partial charge in [-0.15, -0.1) is 11.3 Å². The summed E-state index contributed by atoms with van der Waals surface area (Å²) in [7, 11) is 1.60. The van der Waals surface area contributed by atoms with Crippen LogP contribution in [0.1, 0.15) is 60.7 Å². The van der Waals surface area contributed by atoms with Crippen LogP contribution in [0.3, 0.4) is 0 Å². The molecule has 0 unspecified atom stereocenters. The van der Waals surface area contributed by atoms with Crippen molar-refractivity contribution in [2.75, 3.05) is 26.7 Å². The lowest BCUT2D eigenvalue weighted by Gasteiger charge is -2.38. The molecule has 1 fully saturated rings. The van der Waals surface area contributed by atoms with Crippen molar-refractivity contribution in [2.45, 2.75) is 58.0 Å². The lowest BCUT2D eigenvalue weighted by atomic mass is 9.79. The number of pyridine rings is 1. The van der Waals surface area contributed by atoms with Crippen molar-refractivity contribution in [3.8, 4) is 5.75 Å². The highest BCUT2D eigenvalue weighted by molar-refractivity contribution is 7.10. The zero-order chi connectivity index (χ0) is 25.5. The first-order valence-corrected chi connectivity index (χ1v) is 13.9. The van der Waals surface area contributed by atoms with Gasteiger partial charge < -0.3 is 14.7 Å². The number of rotatable bonds is 12. The van der Waals surface area contributed by atoms with Crippen LogP contribution in [0.4, 0.5) is 4.39 Å². The molecule has 0 radical (unpaired) electrons. The lowest BCUT2D eigenvalue weighted by Crippen LogP contribution is -2.41. The third-order valence-electron chi connectivity index (χ3n) is 7.62. The fraction of sp³-hybridized carbons (Fsp3) is 0.517. The van der Waals surface area contributed by atoms with Crippen LogP contribution in [0.5, 0.6) is 5.75 Å². The monoisotopic (exact) mass is 512 g/mol. The minimum Gasteiger partial charge on any atom is -0.497 e. The summed E-state index contributed by atoms with van der Waals surface area (Å²) in [6.45, 7) is 4.93. The molecule has 0 aliphatic carbocycles. The molecule has 0 amide bonds. The molecule has 5 nitrogen and oxygen atoms in total. The molecule has 1 saturated heterocycles. The largest absolute Gasteiger partial charge is 0.497 e. The maximum atomic E-state index is 15.5. The van der Waals surface area contributed by atoms with Gasteiger partial charge in [0.2, 0.25) is 0 Å². The number of carbonyl (C=O) groups is 1. The van der Waals surface area contributed by atoms with E-state index in [-0.39, 0.29) is 18.3 Å². The van der Waals surface area contributed by atoms with E-state index in [1.165, 1.54) is 10.4 Å². The average Bonchev–Trinajstić information content (AvgIpc) is 3.29. The van der Waals surface area contributed by atoms with Crippen LogP contribution in [-0.4, -0.2) is 47.7 Å². The number of ether oxygens (including phenoxy) is 1. The number of carboxylic acid groups (broad SMARTS) is 1. The Hall–Kier alpha value is -2.51. The number of piperidine rings is 1. The number of aliphatic carboxylic acids is 1. The average molecular weight is 513 g/mol. The molecule has 36 heavy (non-hydrogen) atoms. The summed E-state index contributed by atoms with van der Waals surface area (Å²) in [6.07, 6.45) is 6.09.